The Labute approximate surface area is 110 Å². The third kappa shape index (κ3) is 3.61. The molecule has 2 aliphatic carbocycles. The Morgan fingerprint density at radius 1 is 1.22 bits per heavy atom. The van der Waals surface area contributed by atoms with Gasteiger partial charge in [0.05, 0.1) is 0 Å². The fourth-order valence-electron chi connectivity index (χ4n) is 2.46. The lowest BCUT2D eigenvalue weighted by molar-refractivity contribution is 0.0364. The van der Waals surface area contributed by atoms with Crippen LogP contribution >= 0.6 is 0 Å². The summed E-state index contributed by atoms with van der Waals surface area (Å²) < 4.78 is 5.34. The number of nitrogens with two attached hydrogens (primary N) is 1. The molecule has 2 aliphatic rings. The van der Waals surface area contributed by atoms with Gasteiger partial charge >= 0.3 is 6.09 Å². The van der Waals surface area contributed by atoms with Crippen molar-refractivity contribution < 1.29 is 9.53 Å². The number of ether oxygens (including phenoxy) is 1. The van der Waals surface area contributed by atoms with Crippen molar-refractivity contribution in [2.24, 2.45) is 5.73 Å². The maximum Gasteiger partial charge on any atom is 0.408 e. The van der Waals surface area contributed by atoms with Crippen molar-refractivity contribution in [2.45, 2.75) is 82.4 Å². The lowest BCUT2D eigenvalue weighted by Crippen LogP contribution is -2.55. The van der Waals surface area contributed by atoms with E-state index in [1.807, 2.05) is 20.8 Å². The summed E-state index contributed by atoms with van der Waals surface area (Å²) in [6, 6.07) is 0. The van der Waals surface area contributed by atoms with Gasteiger partial charge < -0.3 is 15.8 Å². The molecule has 4 nitrogen and oxygen atoms in total. The summed E-state index contributed by atoms with van der Waals surface area (Å²) in [5, 5.41) is 3.07. The molecule has 2 saturated carbocycles. The molecule has 1 amide bonds. The lowest BCUT2D eigenvalue weighted by atomic mass is 9.73. The van der Waals surface area contributed by atoms with Crippen molar-refractivity contribution in [3.8, 4) is 0 Å². The maximum atomic E-state index is 11.8. The van der Waals surface area contributed by atoms with Gasteiger partial charge in [-0.15, -0.1) is 0 Å². The van der Waals surface area contributed by atoms with Crippen LogP contribution in [0.15, 0.2) is 0 Å². The smallest absolute Gasteiger partial charge is 0.408 e. The van der Waals surface area contributed by atoms with Crippen LogP contribution in [0, 0.1) is 0 Å². The molecule has 4 heteroatoms. The van der Waals surface area contributed by atoms with E-state index in [2.05, 4.69) is 5.32 Å². The molecule has 0 atom stereocenters. The molecule has 2 fully saturated rings. The third-order valence-corrected chi connectivity index (χ3v) is 4.07. The van der Waals surface area contributed by atoms with Crippen LogP contribution < -0.4 is 11.1 Å². The van der Waals surface area contributed by atoms with Gasteiger partial charge in [-0.25, -0.2) is 4.79 Å². The fraction of sp³-hybridized carbons (Fsp3) is 0.929. The highest BCUT2D eigenvalue weighted by atomic mass is 16.6. The number of alkyl carbamates (subject to hydrolysis) is 1. The van der Waals surface area contributed by atoms with Crippen LogP contribution in [0.2, 0.25) is 0 Å². The summed E-state index contributed by atoms with van der Waals surface area (Å²) in [5.41, 5.74) is 5.71. The first-order chi connectivity index (χ1) is 8.22. The van der Waals surface area contributed by atoms with Gasteiger partial charge in [-0.05, 0) is 65.7 Å². The molecular weight excluding hydrogens is 228 g/mol. The number of amides is 1. The van der Waals surface area contributed by atoms with E-state index in [9.17, 15) is 4.79 Å². The molecule has 0 heterocycles. The molecule has 0 spiro atoms. The van der Waals surface area contributed by atoms with E-state index < -0.39 is 5.60 Å². The van der Waals surface area contributed by atoms with Crippen molar-refractivity contribution >= 4 is 6.09 Å². The summed E-state index contributed by atoms with van der Waals surface area (Å²) in [7, 11) is 0. The van der Waals surface area contributed by atoms with E-state index in [0.717, 1.165) is 38.5 Å². The zero-order valence-electron chi connectivity index (χ0n) is 11.8. The van der Waals surface area contributed by atoms with E-state index in [4.69, 9.17) is 10.5 Å². The van der Waals surface area contributed by atoms with Gasteiger partial charge in [0, 0.05) is 11.1 Å². The van der Waals surface area contributed by atoms with Crippen molar-refractivity contribution in [2.75, 3.05) is 0 Å². The second-order valence-corrected chi connectivity index (χ2v) is 7.12. The highest BCUT2D eigenvalue weighted by Crippen LogP contribution is 2.43. The average molecular weight is 254 g/mol. The van der Waals surface area contributed by atoms with E-state index in [0.29, 0.717) is 0 Å². The molecule has 0 radical (unpaired) electrons. The van der Waals surface area contributed by atoms with Crippen molar-refractivity contribution in [1.29, 1.82) is 0 Å². The Morgan fingerprint density at radius 3 is 2.22 bits per heavy atom. The zero-order chi connectivity index (χ0) is 13.4. The van der Waals surface area contributed by atoms with Crippen LogP contribution in [0.1, 0.15) is 65.7 Å². The van der Waals surface area contributed by atoms with E-state index >= 15 is 0 Å². The molecule has 0 aromatic rings. The van der Waals surface area contributed by atoms with Gasteiger partial charge in [0.1, 0.15) is 5.60 Å². The van der Waals surface area contributed by atoms with Gasteiger partial charge in [0.25, 0.3) is 0 Å². The second-order valence-electron chi connectivity index (χ2n) is 7.12. The monoisotopic (exact) mass is 254 g/mol. The third-order valence-electron chi connectivity index (χ3n) is 4.07. The second kappa shape index (κ2) is 4.41. The first-order valence-corrected chi connectivity index (χ1v) is 7.02. The molecule has 0 saturated heterocycles. The minimum absolute atomic E-state index is 0.0444. The highest BCUT2D eigenvalue weighted by Gasteiger charge is 2.44. The Kier molecular flexibility index (Phi) is 3.34. The molecule has 2 rings (SSSR count). The molecule has 18 heavy (non-hydrogen) atoms. The minimum Gasteiger partial charge on any atom is -0.444 e. The Balaban J connectivity index is 1.82. The van der Waals surface area contributed by atoms with E-state index in [-0.39, 0.29) is 17.2 Å². The Morgan fingerprint density at radius 2 is 1.83 bits per heavy atom. The first-order valence-electron chi connectivity index (χ1n) is 7.02. The molecule has 104 valence electrons. The van der Waals surface area contributed by atoms with Crippen molar-refractivity contribution in [3.05, 3.63) is 0 Å². The van der Waals surface area contributed by atoms with Gasteiger partial charge in [-0.1, -0.05) is 0 Å². The molecule has 0 aromatic heterocycles. The number of hydrogen-bond acceptors (Lipinski definition) is 3. The largest absolute Gasteiger partial charge is 0.444 e. The minimum atomic E-state index is -0.430. The van der Waals surface area contributed by atoms with E-state index in [1.54, 1.807) is 0 Å². The molecule has 0 bridgehead atoms. The van der Waals surface area contributed by atoms with Crippen molar-refractivity contribution in [1.82, 2.24) is 5.32 Å². The summed E-state index contributed by atoms with van der Waals surface area (Å²) in [6.45, 7) is 5.66. The molecular formula is C14H26N2O2. The fourth-order valence-corrected chi connectivity index (χ4v) is 2.46. The van der Waals surface area contributed by atoms with Crippen molar-refractivity contribution in [3.63, 3.8) is 0 Å². The number of rotatable bonds is 4. The number of carbonyl (C=O) groups is 1. The summed E-state index contributed by atoms with van der Waals surface area (Å²) in [4.78, 5) is 11.8. The molecule has 0 unspecified atom stereocenters. The average Bonchev–Trinajstić information content (AvgIpc) is 2.86. The summed E-state index contributed by atoms with van der Waals surface area (Å²) >= 11 is 0. The van der Waals surface area contributed by atoms with Crippen LogP contribution in [0.5, 0.6) is 0 Å². The SMILES string of the molecule is CC(C)(C)OC(=O)NC1(CCC2(N)CC2)CCC1. The highest BCUT2D eigenvalue weighted by molar-refractivity contribution is 5.69. The predicted molar refractivity (Wildman–Crippen MR) is 71.3 cm³/mol. The normalized spacial score (nSPS) is 24.0. The first kappa shape index (κ1) is 13.7. The van der Waals surface area contributed by atoms with Gasteiger partial charge in [0.2, 0.25) is 0 Å². The molecule has 0 aromatic carbocycles. The van der Waals surface area contributed by atoms with Crippen LogP contribution in [0.3, 0.4) is 0 Å². The van der Waals surface area contributed by atoms with E-state index in [1.165, 1.54) is 6.42 Å². The van der Waals surface area contributed by atoms with Crippen LogP contribution in [0.4, 0.5) is 4.79 Å². The number of hydrogen-bond donors (Lipinski definition) is 2. The maximum absolute atomic E-state index is 11.8. The van der Waals surface area contributed by atoms with Gasteiger partial charge in [-0.3, -0.25) is 0 Å². The summed E-state index contributed by atoms with van der Waals surface area (Å²) in [6.07, 6.45) is 7.29. The number of nitrogens with one attached hydrogen (secondary N) is 1. The molecule has 3 N–H and O–H groups in total. The number of carbonyl (C=O) groups excluding carboxylic acids is 1. The standard InChI is InChI=1S/C14H26N2O2/c1-12(2,3)18-11(17)16-14(5-4-6-14)10-9-13(15)7-8-13/h4-10,15H2,1-3H3,(H,16,17). The van der Waals surface area contributed by atoms with Gasteiger partial charge in [-0.2, -0.15) is 0 Å². The predicted octanol–water partition coefficient (Wildman–Crippen LogP) is 2.71. The molecule has 0 aliphatic heterocycles. The van der Waals surface area contributed by atoms with Gasteiger partial charge in [0.15, 0.2) is 0 Å². The quantitative estimate of drug-likeness (QED) is 0.810. The summed E-state index contributed by atoms with van der Waals surface area (Å²) in [5.74, 6) is 0. The van der Waals surface area contributed by atoms with Crippen LogP contribution in [-0.4, -0.2) is 22.8 Å². The lowest BCUT2D eigenvalue weighted by Gasteiger charge is -2.43. The Hall–Kier alpha value is -0.770. The topological polar surface area (TPSA) is 64.3 Å². The Bertz CT molecular complexity index is 325. The van der Waals surface area contributed by atoms with Crippen LogP contribution in [0.25, 0.3) is 0 Å². The van der Waals surface area contributed by atoms with Crippen LogP contribution in [-0.2, 0) is 4.74 Å². The zero-order valence-corrected chi connectivity index (χ0v) is 11.8.